The van der Waals surface area contributed by atoms with Gasteiger partial charge in [-0.3, -0.25) is 4.79 Å². The molecule has 1 aliphatic carbocycles. The molecular formula is C14H17NO3. The van der Waals surface area contributed by atoms with E-state index in [0.717, 1.165) is 25.0 Å². The summed E-state index contributed by atoms with van der Waals surface area (Å²) in [5, 5.41) is 12.5. The number of hydrogen-bond acceptors (Lipinski definition) is 3. The number of phenolic OH excluding ortho intramolecular Hbond substituents is 1. The van der Waals surface area contributed by atoms with Crippen LogP contribution in [0, 0.1) is 12.8 Å². The van der Waals surface area contributed by atoms with Crippen molar-refractivity contribution in [3.8, 4) is 5.75 Å². The van der Waals surface area contributed by atoms with Crippen LogP contribution in [0.3, 0.4) is 0 Å². The molecule has 1 amide bonds. The maximum atomic E-state index is 12.1. The molecule has 1 aromatic carbocycles. The van der Waals surface area contributed by atoms with Gasteiger partial charge in [0.05, 0.1) is 6.10 Å². The fourth-order valence-corrected chi connectivity index (χ4v) is 2.86. The van der Waals surface area contributed by atoms with Crippen molar-refractivity contribution in [1.82, 2.24) is 5.32 Å². The zero-order valence-electron chi connectivity index (χ0n) is 10.3. The largest absolute Gasteiger partial charge is 0.508 e. The van der Waals surface area contributed by atoms with Crippen molar-refractivity contribution in [2.45, 2.75) is 31.9 Å². The summed E-state index contributed by atoms with van der Waals surface area (Å²) >= 11 is 0. The third-order valence-electron chi connectivity index (χ3n) is 4.05. The van der Waals surface area contributed by atoms with E-state index in [4.69, 9.17) is 4.74 Å². The van der Waals surface area contributed by atoms with Crippen LogP contribution in [0.15, 0.2) is 18.2 Å². The van der Waals surface area contributed by atoms with Crippen molar-refractivity contribution in [3.05, 3.63) is 29.3 Å². The summed E-state index contributed by atoms with van der Waals surface area (Å²) in [5.74, 6) is 0.506. The van der Waals surface area contributed by atoms with Gasteiger partial charge in [0.1, 0.15) is 5.75 Å². The number of benzene rings is 1. The van der Waals surface area contributed by atoms with E-state index in [-0.39, 0.29) is 17.7 Å². The van der Waals surface area contributed by atoms with Gasteiger partial charge >= 0.3 is 0 Å². The van der Waals surface area contributed by atoms with E-state index in [1.165, 1.54) is 6.07 Å². The van der Waals surface area contributed by atoms with Gasteiger partial charge in [0.2, 0.25) is 0 Å². The second-order valence-corrected chi connectivity index (χ2v) is 5.18. The molecule has 0 aromatic heterocycles. The zero-order chi connectivity index (χ0) is 12.7. The molecule has 1 aliphatic heterocycles. The Labute approximate surface area is 106 Å². The number of carbonyl (C=O) groups excluding carboxylic acids is 1. The van der Waals surface area contributed by atoms with Gasteiger partial charge in [-0.25, -0.2) is 0 Å². The predicted molar refractivity (Wildman–Crippen MR) is 66.6 cm³/mol. The van der Waals surface area contributed by atoms with Gasteiger partial charge in [-0.1, -0.05) is 6.07 Å². The van der Waals surface area contributed by atoms with E-state index >= 15 is 0 Å². The van der Waals surface area contributed by atoms with Crippen LogP contribution in [0.2, 0.25) is 0 Å². The van der Waals surface area contributed by atoms with Crippen molar-refractivity contribution in [1.29, 1.82) is 0 Å². The summed E-state index contributed by atoms with van der Waals surface area (Å²) in [6, 6.07) is 5.10. The van der Waals surface area contributed by atoms with Gasteiger partial charge in [-0.2, -0.15) is 0 Å². The second kappa shape index (κ2) is 4.28. The molecular weight excluding hydrogens is 230 g/mol. The number of ether oxygens (including phenoxy) is 1. The summed E-state index contributed by atoms with van der Waals surface area (Å²) in [6.07, 6.45) is 2.30. The maximum Gasteiger partial charge on any atom is 0.251 e. The highest BCUT2D eigenvalue weighted by molar-refractivity contribution is 5.96. The van der Waals surface area contributed by atoms with Gasteiger partial charge in [0.25, 0.3) is 5.91 Å². The van der Waals surface area contributed by atoms with Crippen molar-refractivity contribution in [3.63, 3.8) is 0 Å². The number of fused-ring (bicyclic) bond motifs is 1. The number of phenols is 1. The molecule has 96 valence electrons. The molecule has 0 radical (unpaired) electrons. The monoisotopic (exact) mass is 247 g/mol. The number of hydrogen-bond donors (Lipinski definition) is 2. The Bertz CT molecular complexity index is 486. The average molecular weight is 247 g/mol. The summed E-state index contributed by atoms with van der Waals surface area (Å²) in [4.78, 5) is 12.1. The Balaban J connectivity index is 1.69. The number of rotatable bonds is 2. The first kappa shape index (κ1) is 11.5. The SMILES string of the molecule is Cc1ccc(O)cc1C(=O)N[C@@H]1C[C@H]2OCC[C@@H]12. The molecule has 4 nitrogen and oxygen atoms in total. The van der Waals surface area contributed by atoms with E-state index < -0.39 is 0 Å². The maximum absolute atomic E-state index is 12.1. The summed E-state index contributed by atoms with van der Waals surface area (Å²) in [6.45, 7) is 2.68. The Kier molecular flexibility index (Phi) is 2.74. The topological polar surface area (TPSA) is 58.6 Å². The molecule has 2 fully saturated rings. The van der Waals surface area contributed by atoms with Gasteiger partial charge in [-0.15, -0.1) is 0 Å². The Morgan fingerprint density at radius 3 is 3.11 bits per heavy atom. The molecule has 1 saturated carbocycles. The molecule has 0 unspecified atom stereocenters. The lowest BCUT2D eigenvalue weighted by Crippen LogP contribution is -2.53. The van der Waals surface area contributed by atoms with Crippen molar-refractivity contribution in [2.24, 2.45) is 5.92 Å². The minimum Gasteiger partial charge on any atom is -0.508 e. The van der Waals surface area contributed by atoms with Crippen LogP contribution in [0.5, 0.6) is 5.75 Å². The fourth-order valence-electron chi connectivity index (χ4n) is 2.86. The smallest absolute Gasteiger partial charge is 0.251 e. The summed E-state index contributed by atoms with van der Waals surface area (Å²) in [7, 11) is 0. The van der Waals surface area contributed by atoms with Gasteiger partial charge in [-0.05, 0) is 37.5 Å². The predicted octanol–water partition coefficient (Wildman–Crippen LogP) is 1.61. The van der Waals surface area contributed by atoms with Crippen LogP contribution in [0.25, 0.3) is 0 Å². The van der Waals surface area contributed by atoms with E-state index in [9.17, 15) is 9.90 Å². The third-order valence-corrected chi connectivity index (χ3v) is 4.05. The molecule has 1 aromatic rings. The Morgan fingerprint density at radius 1 is 1.50 bits per heavy atom. The Morgan fingerprint density at radius 2 is 2.33 bits per heavy atom. The summed E-state index contributed by atoms with van der Waals surface area (Å²) in [5.41, 5.74) is 1.43. The molecule has 0 spiro atoms. The van der Waals surface area contributed by atoms with Gasteiger partial charge in [0.15, 0.2) is 0 Å². The average Bonchev–Trinajstić information content (AvgIpc) is 2.70. The fraction of sp³-hybridized carbons (Fsp3) is 0.500. The van der Waals surface area contributed by atoms with Gasteiger partial charge < -0.3 is 15.2 Å². The van der Waals surface area contributed by atoms with Crippen LogP contribution in [-0.2, 0) is 4.74 Å². The minimum absolute atomic E-state index is 0.0984. The highest BCUT2D eigenvalue weighted by atomic mass is 16.5. The highest BCUT2D eigenvalue weighted by Gasteiger charge is 2.45. The molecule has 2 N–H and O–H groups in total. The van der Waals surface area contributed by atoms with E-state index in [1.54, 1.807) is 12.1 Å². The molecule has 2 aliphatic rings. The molecule has 3 atom stereocenters. The quantitative estimate of drug-likeness (QED) is 0.834. The molecule has 18 heavy (non-hydrogen) atoms. The molecule has 1 saturated heterocycles. The number of nitrogens with one attached hydrogen (secondary N) is 1. The van der Waals surface area contributed by atoms with Crippen LogP contribution in [0.4, 0.5) is 0 Å². The van der Waals surface area contributed by atoms with Crippen molar-refractivity contribution in [2.75, 3.05) is 6.61 Å². The van der Waals surface area contributed by atoms with Crippen LogP contribution in [0.1, 0.15) is 28.8 Å². The zero-order valence-corrected chi connectivity index (χ0v) is 10.3. The third kappa shape index (κ3) is 1.86. The standard InChI is InChI=1S/C14H17NO3/c1-8-2-3-9(16)6-11(8)14(17)15-12-7-13-10(12)4-5-18-13/h2-3,6,10,12-13,16H,4-5,7H2,1H3,(H,15,17)/t10-,12+,13+/m0/s1. The minimum atomic E-state index is -0.0984. The van der Waals surface area contributed by atoms with E-state index in [1.807, 2.05) is 6.92 Å². The number of aromatic hydroxyl groups is 1. The van der Waals surface area contributed by atoms with Gasteiger partial charge in [0, 0.05) is 24.1 Å². The van der Waals surface area contributed by atoms with Crippen LogP contribution >= 0.6 is 0 Å². The molecule has 0 bridgehead atoms. The second-order valence-electron chi connectivity index (χ2n) is 5.18. The van der Waals surface area contributed by atoms with E-state index in [2.05, 4.69) is 5.32 Å². The number of carbonyl (C=O) groups is 1. The van der Waals surface area contributed by atoms with Crippen molar-refractivity contribution < 1.29 is 14.6 Å². The van der Waals surface area contributed by atoms with E-state index in [0.29, 0.717) is 17.6 Å². The highest BCUT2D eigenvalue weighted by Crippen LogP contribution is 2.38. The van der Waals surface area contributed by atoms with Crippen molar-refractivity contribution >= 4 is 5.91 Å². The molecule has 1 heterocycles. The lowest BCUT2D eigenvalue weighted by Gasteiger charge is -2.39. The van der Waals surface area contributed by atoms with Crippen LogP contribution < -0.4 is 5.32 Å². The van der Waals surface area contributed by atoms with Crippen LogP contribution in [-0.4, -0.2) is 29.8 Å². The Hall–Kier alpha value is -1.55. The first-order valence-electron chi connectivity index (χ1n) is 6.37. The number of amides is 1. The first-order chi connectivity index (χ1) is 8.65. The normalized spacial score (nSPS) is 29.5. The lowest BCUT2D eigenvalue weighted by atomic mass is 9.76. The first-order valence-corrected chi connectivity index (χ1v) is 6.37. The summed E-state index contributed by atoms with van der Waals surface area (Å²) < 4.78 is 5.52. The number of aryl methyl sites for hydroxylation is 1. The molecule has 4 heteroatoms. The molecule has 3 rings (SSSR count). The lowest BCUT2D eigenvalue weighted by molar-refractivity contribution is 0.00808.